The molecule has 43 heavy (non-hydrogen) atoms. The monoisotopic (exact) mass is 632 g/mol. The predicted octanol–water partition coefficient (Wildman–Crippen LogP) is -2.01. The third kappa shape index (κ3) is 13.2. The number of ether oxygens (including phenoxy) is 1. The van der Waals surface area contributed by atoms with Gasteiger partial charge in [-0.2, -0.15) is 26.3 Å². The van der Waals surface area contributed by atoms with Crippen molar-refractivity contribution < 1.29 is 94.1 Å². The van der Waals surface area contributed by atoms with Gasteiger partial charge in [-0.05, 0) is 20.8 Å². The van der Waals surface area contributed by atoms with E-state index in [1.807, 2.05) is 0 Å². The number of carbonyl (C=O) groups excluding carboxylic acids is 6. The zero-order valence-electron chi connectivity index (χ0n) is 23.9. The Morgan fingerprint density at radius 3 is 1.86 bits per heavy atom. The van der Waals surface area contributed by atoms with E-state index in [1.54, 1.807) is 5.32 Å². The minimum Gasteiger partial charge on any atom is -0.870 e. The molecule has 2 saturated heterocycles. The standard InChI is InChI=1S/C10H14F2N2O4.C6H9F2NO3.C6H7F2NO2.Li.H2O/c1-9(2,3)18-8(17)14-5(6(13)15)4-10(11,12)7(14)16;1-3(4(9)10)2-6(7,8)5(11)12;1-3-2-6(7,8)5(11)9-4(3)10;;/h5H,4H2,1-3H3,(H2,13,15);3H,2H2,1H3,(H2,9,10)(H,11,12);3H,2H2,1H3,(H,9,10,11);;1H2/q;;;+1;/p-1. The van der Waals surface area contributed by atoms with Gasteiger partial charge in [-0.25, -0.2) is 14.5 Å². The number of carboxylic acid groups (broad SMARTS) is 1. The summed E-state index contributed by atoms with van der Waals surface area (Å²) in [5.74, 6) is -21.2. The second-order valence-corrected chi connectivity index (χ2v) is 10.1. The maximum atomic E-state index is 13.2. The number of halogens is 6. The van der Waals surface area contributed by atoms with Gasteiger partial charge in [-0.1, -0.05) is 13.8 Å². The van der Waals surface area contributed by atoms with E-state index in [1.165, 1.54) is 27.7 Å². The van der Waals surface area contributed by atoms with Gasteiger partial charge in [-0.15, -0.1) is 0 Å². The molecule has 14 nitrogen and oxygen atoms in total. The molecule has 7 N–H and O–H groups in total. The van der Waals surface area contributed by atoms with E-state index in [0.29, 0.717) is 0 Å². The van der Waals surface area contributed by atoms with Crippen LogP contribution in [0.2, 0.25) is 0 Å². The summed E-state index contributed by atoms with van der Waals surface area (Å²) in [5.41, 5.74) is 8.60. The number of piperidine rings is 1. The number of primary amides is 2. The fourth-order valence-corrected chi connectivity index (χ4v) is 2.96. The summed E-state index contributed by atoms with van der Waals surface area (Å²) in [6.45, 7) is 7.02. The molecule has 2 rings (SSSR count). The van der Waals surface area contributed by atoms with Crippen LogP contribution in [0.4, 0.5) is 31.1 Å². The number of rotatable bonds is 5. The number of alkyl halides is 6. The molecular formula is C22H31F6LiN4O10. The van der Waals surface area contributed by atoms with Crippen LogP contribution >= 0.6 is 0 Å². The Hall–Kier alpha value is -3.37. The van der Waals surface area contributed by atoms with Crippen molar-refractivity contribution in [3.63, 3.8) is 0 Å². The number of nitrogens with zero attached hydrogens (tertiary/aromatic N) is 1. The van der Waals surface area contributed by atoms with Crippen LogP contribution in [0, 0.1) is 11.8 Å². The van der Waals surface area contributed by atoms with E-state index >= 15 is 0 Å². The molecular weight excluding hydrogens is 601 g/mol. The van der Waals surface area contributed by atoms with Crippen LogP contribution in [0.15, 0.2) is 0 Å². The molecule has 2 aliphatic heterocycles. The van der Waals surface area contributed by atoms with Gasteiger partial charge in [0.05, 0.1) is 6.42 Å². The third-order valence-electron chi connectivity index (χ3n) is 5.15. The minimum absolute atomic E-state index is 0. The van der Waals surface area contributed by atoms with E-state index in [2.05, 4.69) is 5.73 Å². The normalized spacial score (nSPS) is 21.2. The average molecular weight is 632 g/mol. The maximum Gasteiger partial charge on any atom is 1.00 e. The molecule has 6 amide bonds. The van der Waals surface area contributed by atoms with Gasteiger partial charge >= 0.3 is 54.6 Å². The molecule has 2 heterocycles. The number of hydrogen-bond acceptors (Lipinski definition) is 9. The molecule has 0 aromatic rings. The summed E-state index contributed by atoms with van der Waals surface area (Å²) in [7, 11) is 0. The van der Waals surface area contributed by atoms with Gasteiger partial charge in [0.15, 0.2) is 0 Å². The minimum atomic E-state index is -3.88. The number of imide groups is 2. The Bertz CT molecular complexity index is 1090. The fourth-order valence-electron chi connectivity index (χ4n) is 2.96. The Balaban J connectivity index is -0.000000567. The van der Waals surface area contributed by atoms with E-state index in [0.717, 1.165) is 6.92 Å². The van der Waals surface area contributed by atoms with Crippen molar-refractivity contribution in [2.24, 2.45) is 23.3 Å². The molecule has 0 bridgehead atoms. The number of carbonyl (C=O) groups is 7. The Morgan fingerprint density at radius 2 is 1.51 bits per heavy atom. The number of amides is 6. The molecule has 2 fully saturated rings. The van der Waals surface area contributed by atoms with Gasteiger partial charge in [0.1, 0.15) is 11.6 Å². The van der Waals surface area contributed by atoms with Gasteiger partial charge in [0.2, 0.25) is 17.7 Å². The van der Waals surface area contributed by atoms with Gasteiger partial charge < -0.3 is 26.8 Å². The SMILES string of the molecule is CC(C)(C)OC(=O)N1C(=O)C(F)(F)CC1C(N)=O.CC(CC(F)(F)C(=O)O)C(N)=O.CC1CC(F)(F)C(=O)NC1=O.[Li+].[OH-]. The summed E-state index contributed by atoms with van der Waals surface area (Å²) < 4.78 is 80.8. The van der Waals surface area contributed by atoms with Crippen LogP contribution in [0.3, 0.4) is 0 Å². The quantitative estimate of drug-likeness (QED) is 0.147. The van der Waals surface area contributed by atoms with E-state index in [9.17, 15) is 59.9 Å². The summed E-state index contributed by atoms with van der Waals surface area (Å²) >= 11 is 0. The maximum absolute atomic E-state index is 13.2. The number of nitrogens with two attached hydrogens (primary N) is 2. The van der Waals surface area contributed by atoms with Crippen LogP contribution in [0.1, 0.15) is 53.9 Å². The second kappa shape index (κ2) is 15.9. The number of likely N-dealkylation sites (tertiary alicyclic amines) is 1. The van der Waals surface area contributed by atoms with E-state index in [-0.39, 0.29) is 29.2 Å². The summed E-state index contributed by atoms with van der Waals surface area (Å²) in [6.07, 6.45) is -4.15. The smallest absolute Gasteiger partial charge is 0.870 e. The van der Waals surface area contributed by atoms with Crippen molar-refractivity contribution in [1.82, 2.24) is 10.2 Å². The number of aliphatic carboxylic acids is 1. The van der Waals surface area contributed by atoms with Crippen LogP contribution < -0.4 is 35.6 Å². The topological polar surface area (TPSA) is 246 Å². The van der Waals surface area contributed by atoms with Crippen molar-refractivity contribution >= 4 is 41.6 Å². The Kier molecular flexibility index (Phi) is 16.3. The zero-order chi connectivity index (χ0) is 32.9. The van der Waals surface area contributed by atoms with Crippen molar-refractivity contribution in [3.8, 4) is 0 Å². The second-order valence-electron chi connectivity index (χ2n) is 10.1. The third-order valence-corrected chi connectivity index (χ3v) is 5.15. The van der Waals surface area contributed by atoms with Crippen molar-refractivity contribution in [3.05, 3.63) is 0 Å². The molecule has 0 aromatic heterocycles. The number of hydrogen-bond donors (Lipinski definition) is 4. The first kappa shape index (κ1) is 44.1. The van der Waals surface area contributed by atoms with Gasteiger partial charge in [-0.3, -0.25) is 29.3 Å². The summed E-state index contributed by atoms with van der Waals surface area (Å²) in [5, 5.41) is 9.56. The molecule has 3 unspecified atom stereocenters. The van der Waals surface area contributed by atoms with E-state index in [4.69, 9.17) is 15.6 Å². The Morgan fingerprint density at radius 1 is 1.05 bits per heavy atom. The molecule has 0 radical (unpaired) electrons. The van der Waals surface area contributed by atoms with Gasteiger partial charge in [0, 0.05) is 24.7 Å². The molecule has 2 aliphatic rings. The predicted molar refractivity (Wildman–Crippen MR) is 125 cm³/mol. The molecule has 0 aliphatic carbocycles. The number of carboxylic acids is 1. The largest absolute Gasteiger partial charge is 1.00 e. The van der Waals surface area contributed by atoms with E-state index < -0.39 is 102 Å². The van der Waals surface area contributed by atoms with Crippen molar-refractivity contribution in [1.29, 1.82) is 0 Å². The molecule has 242 valence electrons. The first-order chi connectivity index (χ1) is 18.2. The van der Waals surface area contributed by atoms with Crippen LogP contribution in [-0.4, -0.2) is 86.5 Å². The van der Waals surface area contributed by atoms with Crippen LogP contribution in [0.5, 0.6) is 0 Å². The summed E-state index contributed by atoms with van der Waals surface area (Å²) in [4.78, 5) is 75.2. The summed E-state index contributed by atoms with van der Waals surface area (Å²) in [6, 6.07) is -1.68. The molecule has 0 aromatic carbocycles. The Labute approximate surface area is 252 Å². The number of nitrogens with one attached hydrogen (secondary N) is 1. The van der Waals surface area contributed by atoms with Crippen LogP contribution in [-0.2, 0) is 33.5 Å². The fraction of sp³-hybridized carbons (Fsp3) is 0.682. The van der Waals surface area contributed by atoms with Gasteiger partial charge in [0.25, 0.3) is 5.91 Å². The van der Waals surface area contributed by atoms with Crippen molar-refractivity contribution in [2.75, 3.05) is 0 Å². The molecule has 21 heteroatoms. The molecule has 3 atom stereocenters. The first-order valence-electron chi connectivity index (χ1n) is 11.5. The molecule has 0 spiro atoms. The average Bonchev–Trinajstić information content (AvgIpc) is 3.01. The van der Waals surface area contributed by atoms with Crippen LogP contribution in [0.25, 0.3) is 0 Å². The first-order valence-corrected chi connectivity index (χ1v) is 11.5. The zero-order valence-corrected chi connectivity index (χ0v) is 23.9. The molecule has 0 saturated carbocycles. The van der Waals surface area contributed by atoms with Crippen molar-refractivity contribution in [2.45, 2.75) is 83.3 Å².